The van der Waals surface area contributed by atoms with Crippen LogP contribution in [0.4, 0.5) is 5.69 Å². The minimum atomic E-state index is -0.223. The van der Waals surface area contributed by atoms with Gasteiger partial charge in [-0.05, 0) is 56.7 Å². The van der Waals surface area contributed by atoms with E-state index in [1.807, 2.05) is 43.9 Å². The zero-order chi connectivity index (χ0) is 18.1. The van der Waals surface area contributed by atoms with E-state index < -0.39 is 0 Å². The lowest BCUT2D eigenvalue weighted by atomic mass is 9.90. The third-order valence-electron chi connectivity index (χ3n) is 5.94. The Kier molecular flexibility index (Phi) is 6.69. The highest BCUT2D eigenvalue weighted by Gasteiger charge is 2.38. The van der Waals surface area contributed by atoms with E-state index in [2.05, 4.69) is 0 Å². The van der Waals surface area contributed by atoms with Gasteiger partial charge in [0, 0.05) is 37.8 Å². The number of nitrogens with zero attached hydrogens (tertiary/aromatic N) is 2. The fraction of sp³-hybridized carbons (Fsp3) is 0.600. The molecule has 2 saturated heterocycles. The highest BCUT2D eigenvalue weighted by atomic mass is 35.5. The summed E-state index contributed by atoms with van der Waals surface area (Å²) in [7, 11) is 0. The molecule has 2 aliphatic rings. The third-order valence-corrected chi connectivity index (χ3v) is 5.94. The van der Waals surface area contributed by atoms with E-state index in [-0.39, 0.29) is 36.2 Å². The fourth-order valence-corrected chi connectivity index (χ4v) is 4.04. The van der Waals surface area contributed by atoms with E-state index in [0.29, 0.717) is 18.9 Å². The summed E-state index contributed by atoms with van der Waals surface area (Å²) in [6, 6.07) is 6.18. The van der Waals surface area contributed by atoms with E-state index in [0.717, 1.165) is 42.7 Å². The maximum atomic E-state index is 12.9. The van der Waals surface area contributed by atoms with Crippen LogP contribution in [0.25, 0.3) is 0 Å². The largest absolute Gasteiger partial charge is 0.342 e. The number of hydrogen-bond acceptors (Lipinski definition) is 3. The Hall–Kier alpha value is -1.59. The van der Waals surface area contributed by atoms with Crippen molar-refractivity contribution < 1.29 is 9.59 Å². The van der Waals surface area contributed by atoms with Crippen molar-refractivity contribution in [2.45, 2.75) is 46.1 Å². The van der Waals surface area contributed by atoms with Crippen molar-refractivity contribution in [2.24, 2.45) is 17.6 Å². The van der Waals surface area contributed by atoms with Gasteiger partial charge in [0.1, 0.15) is 0 Å². The zero-order valence-electron chi connectivity index (χ0n) is 15.9. The minimum Gasteiger partial charge on any atom is -0.342 e. The number of hydrogen-bond donors (Lipinski definition) is 1. The monoisotopic (exact) mass is 379 g/mol. The summed E-state index contributed by atoms with van der Waals surface area (Å²) in [5, 5.41) is 0. The summed E-state index contributed by atoms with van der Waals surface area (Å²) in [4.78, 5) is 29.1. The maximum absolute atomic E-state index is 12.9. The number of anilines is 1. The normalized spacial score (nSPS) is 22.3. The van der Waals surface area contributed by atoms with Gasteiger partial charge in [0.25, 0.3) is 0 Å². The number of rotatable bonds is 3. The van der Waals surface area contributed by atoms with E-state index >= 15 is 0 Å². The van der Waals surface area contributed by atoms with Gasteiger partial charge in [0.2, 0.25) is 11.8 Å². The summed E-state index contributed by atoms with van der Waals surface area (Å²) >= 11 is 0. The Balaban J connectivity index is 0.00000243. The number of likely N-dealkylation sites (tertiary alicyclic amines) is 1. The summed E-state index contributed by atoms with van der Waals surface area (Å²) < 4.78 is 0. The summed E-state index contributed by atoms with van der Waals surface area (Å²) in [5.41, 5.74) is 9.20. The Morgan fingerprint density at radius 3 is 2.50 bits per heavy atom. The molecular weight excluding hydrogens is 350 g/mol. The smallest absolute Gasteiger partial charge is 0.228 e. The molecule has 2 fully saturated rings. The van der Waals surface area contributed by atoms with Crippen LogP contribution >= 0.6 is 12.4 Å². The molecule has 1 aromatic rings. The highest BCUT2D eigenvalue weighted by molar-refractivity contribution is 6.00. The second-order valence-corrected chi connectivity index (χ2v) is 7.65. The standard InChI is InChI=1S/C20H29N3O2.ClH/c1-13-5-4-6-18(14(13)2)23-12-17(11-19(23)24)20(25)22-9-7-16(8-10-22)15(3)21;/h4-6,15-17H,7-12,21H2,1-3H3;1H. The van der Waals surface area contributed by atoms with Crippen LogP contribution < -0.4 is 10.6 Å². The molecule has 0 spiro atoms. The van der Waals surface area contributed by atoms with Crippen molar-refractivity contribution in [3.63, 3.8) is 0 Å². The molecule has 3 rings (SSSR count). The first kappa shape index (κ1) is 20.7. The number of piperidine rings is 1. The summed E-state index contributed by atoms with van der Waals surface area (Å²) in [6.45, 7) is 8.14. The van der Waals surface area contributed by atoms with Gasteiger partial charge in [-0.1, -0.05) is 12.1 Å². The third kappa shape index (κ3) is 4.04. The second-order valence-electron chi connectivity index (χ2n) is 7.65. The van der Waals surface area contributed by atoms with E-state index in [9.17, 15) is 9.59 Å². The predicted octanol–water partition coefficient (Wildman–Crippen LogP) is 2.66. The molecule has 0 bridgehead atoms. The fourth-order valence-electron chi connectivity index (χ4n) is 4.04. The molecular formula is C20H30ClN3O2. The molecule has 0 radical (unpaired) electrons. The number of benzene rings is 1. The molecule has 0 saturated carbocycles. The van der Waals surface area contributed by atoms with Crippen molar-refractivity contribution in [1.29, 1.82) is 0 Å². The Labute approximate surface area is 162 Å². The van der Waals surface area contributed by atoms with E-state index in [4.69, 9.17) is 5.73 Å². The van der Waals surface area contributed by atoms with Gasteiger partial charge in [-0.2, -0.15) is 0 Å². The molecule has 5 nitrogen and oxygen atoms in total. The van der Waals surface area contributed by atoms with Crippen molar-refractivity contribution in [1.82, 2.24) is 4.90 Å². The summed E-state index contributed by atoms with van der Waals surface area (Å²) in [6.07, 6.45) is 2.25. The Morgan fingerprint density at radius 1 is 1.23 bits per heavy atom. The van der Waals surface area contributed by atoms with Gasteiger partial charge in [0.05, 0.1) is 5.92 Å². The van der Waals surface area contributed by atoms with Gasteiger partial charge in [-0.3, -0.25) is 9.59 Å². The van der Waals surface area contributed by atoms with Gasteiger partial charge in [-0.25, -0.2) is 0 Å². The van der Waals surface area contributed by atoms with Crippen LogP contribution in [0.2, 0.25) is 0 Å². The molecule has 0 aliphatic carbocycles. The lowest BCUT2D eigenvalue weighted by Gasteiger charge is -2.35. The van der Waals surface area contributed by atoms with Crippen molar-refractivity contribution in [2.75, 3.05) is 24.5 Å². The topological polar surface area (TPSA) is 66.6 Å². The molecule has 2 atom stereocenters. The van der Waals surface area contributed by atoms with Crippen LogP contribution in [0.1, 0.15) is 37.3 Å². The minimum absolute atomic E-state index is 0. The number of halogens is 1. The molecule has 2 aliphatic heterocycles. The lowest BCUT2D eigenvalue weighted by Crippen LogP contribution is -2.45. The van der Waals surface area contributed by atoms with E-state index in [1.54, 1.807) is 4.90 Å². The number of carbonyl (C=O) groups excluding carboxylic acids is 2. The molecule has 2 amide bonds. The number of nitrogens with two attached hydrogens (primary N) is 1. The zero-order valence-corrected chi connectivity index (χ0v) is 16.7. The first-order valence-electron chi connectivity index (χ1n) is 9.29. The molecule has 2 unspecified atom stereocenters. The Morgan fingerprint density at radius 2 is 1.88 bits per heavy atom. The number of aryl methyl sites for hydroxylation is 1. The van der Waals surface area contributed by atoms with Gasteiger partial charge < -0.3 is 15.5 Å². The first-order chi connectivity index (χ1) is 11.9. The number of carbonyl (C=O) groups is 2. The van der Waals surface area contributed by atoms with Crippen LogP contribution in [0.15, 0.2) is 18.2 Å². The maximum Gasteiger partial charge on any atom is 0.228 e. The summed E-state index contributed by atoms with van der Waals surface area (Å²) in [5.74, 6) is 0.460. The second kappa shape index (κ2) is 8.40. The average Bonchev–Trinajstić information content (AvgIpc) is 2.98. The van der Waals surface area contributed by atoms with Crippen molar-refractivity contribution in [3.8, 4) is 0 Å². The Bertz CT molecular complexity index is 669. The predicted molar refractivity (Wildman–Crippen MR) is 107 cm³/mol. The van der Waals surface area contributed by atoms with Gasteiger partial charge in [0.15, 0.2) is 0 Å². The molecule has 2 heterocycles. The van der Waals surface area contributed by atoms with Gasteiger partial charge >= 0.3 is 0 Å². The van der Waals surface area contributed by atoms with Crippen molar-refractivity contribution in [3.05, 3.63) is 29.3 Å². The molecule has 144 valence electrons. The molecule has 1 aromatic carbocycles. The van der Waals surface area contributed by atoms with Crippen LogP contribution in [-0.2, 0) is 9.59 Å². The average molecular weight is 380 g/mol. The van der Waals surface area contributed by atoms with Crippen LogP contribution in [-0.4, -0.2) is 42.4 Å². The van der Waals surface area contributed by atoms with Crippen LogP contribution in [0.3, 0.4) is 0 Å². The molecule has 6 heteroatoms. The van der Waals surface area contributed by atoms with Gasteiger partial charge in [-0.15, -0.1) is 12.4 Å². The number of amides is 2. The quantitative estimate of drug-likeness (QED) is 0.877. The molecule has 26 heavy (non-hydrogen) atoms. The SMILES string of the molecule is Cc1cccc(N2CC(C(=O)N3CCC(C(C)N)CC3)CC2=O)c1C.Cl. The van der Waals surface area contributed by atoms with Crippen LogP contribution in [0.5, 0.6) is 0 Å². The lowest BCUT2D eigenvalue weighted by molar-refractivity contribution is -0.137. The van der Waals surface area contributed by atoms with Crippen LogP contribution in [0, 0.1) is 25.7 Å². The highest BCUT2D eigenvalue weighted by Crippen LogP contribution is 2.31. The molecule has 0 aromatic heterocycles. The first-order valence-corrected chi connectivity index (χ1v) is 9.29. The van der Waals surface area contributed by atoms with E-state index in [1.165, 1.54) is 0 Å². The van der Waals surface area contributed by atoms with Crippen molar-refractivity contribution >= 4 is 29.9 Å². The molecule has 2 N–H and O–H groups in total.